The molecule has 1 saturated carbocycles. The minimum atomic E-state index is -1.31. The van der Waals surface area contributed by atoms with Crippen LogP contribution in [0.4, 0.5) is 0 Å². The monoisotopic (exact) mass is 757 g/mol. The lowest BCUT2D eigenvalue weighted by Gasteiger charge is -2.42. The second kappa shape index (κ2) is 17.0. The minimum absolute atomic E-state index is 0.000950. The zero-order chi connectivity index (χ0) is 36.0. The number of nitrogens with zero attached hydrogens (tertiary/aromatic N) is 2. The molecule has 3 saturated heterocycles. The normalized spacial score (nSPS) is 29.2. The molecule has 4 aliphatic rings. The van der Waals surface area contributed by atoms with Gasteiger partial charge < -0.3 is 34.4 Å². The van der Waals surface area contributed by atoms with E-state index in [9.17, 15) is 24.3 Å². The van der Waals surface area contributed by atoms with Gasteiger partial charge in [-0.2, -0.15) is 0 Å². The molecule has 274 valence electrons. The highest BCUT2D eigenvalue weighted by Crippen LogP contribution is 2.61. The minimum Gasteiger partial charge on any atom is -0.455 e. The van der Waals surface area contributed by atoms with Gasteiger partial charge in [0.2, 0.25) is 17.7 Å². The van der Waals surface area contributed by atoms with Crippen LogP contribution in [0.1, 0.15) is 76.4 Å². The third kappa shape index (κ3) is 7.31. The Morgan fingerprint density at radius 2 is 1.90 bits per heavy atom. The van der Waals surface area contributed by atoms with E-state index in [1.54, 1.807) is 12.2 Å². The number of amides is 3. The van der Waals surface area contributed by atoms with Crippen molar-refractivity contribution >= 4 is 39.6 Å². The van der Waals surface area contributed by atoms with Gasteiger partial charge in [-0.15, -0.1) is 13.2 Å². The molecule has 11 nitrogen and oxygen atoms in total. The van der Waals surface area contributed by atoms with Gasteiger partial charge in [-0.1, -0.05) is 84.6 Å². The number of allylic oxidation sites excluding steroid dienone is 1. The second-order valence-corrected chi connectivity index (χ2v) is 15.1. The number of hydrogen-bond donors (Lipinski definition) is 2. The fourth-order valence-corrected chi connectivity index (χ4v) is 9.60. The molecule has 1 aliphatic carbocycles. The molecule has 3 aliphatic heterocycles. The molecule has 12 heteroatoms. The molecule has 1 aromatic rings. The predicted octanol–water partition coefficient (Wildman–Crippen LogP) is 4.23. The van der Waals surface area contributed by atoms with Gasteiger partial charge in [0.15, 0.2) is 0 Å². The number of benzene rings is 1. The largest absolute Gasteiger partial charge is 0.455 e. The fraction of sp³-hybridized carbons (Fsp3) is 0.632. The summed E-state index contributed by atoms with van der Waals surface area (Å²) in [4.78, 5) is 60.0. The number of ether oxygens (including phenoxy) is 3. The van der Waals surface area contributed by atoms with Crippen LogP contribution >= 0.6 is 15.9 Å². The molecule has 1 spiro atoms. The first-order valence-electron chi connectivity index (χ1n) is 18.0. The van der Waals surface area contributed by atoms with Gasteiger partial charge in [0.05, 0.1) is 43.2 Å². The molecule has 0 aromatic heterocycles. The smallest absolute Gasteiger partial charge is 0.313 e. The lowest BCUT2D eigenvalue weighted by atomic mass is 9.70. The summed E-state index contributed by atoms with van der Waals surface area (Å²) in [6.45, 7) is 9.53. The third-order valence-electron chi connectivity index (χ3n) is 10.9. The number of aliphatic hydroxyl groups is 1. The Kier molecular flexibility index (Phi) is 13.0. The summed E-state index contributed by atoms with van der Waals surface area (Å²) in [6.07, 6.45) is 8.00. The molecule has 2 N–H and O–H groups in total. The Labute approximate surface area is 303 Å². The molecule has 3 heterocycles. The SMILES string of the molecule is C=CCCC(=O)N[C@H](COC)[C@H](OC(=O)[C@@H]1[C@H]2O[C@@]3(CC2Br)[C@H](C(=O)N(CC=C)C2CCCCC2)N([C@@H](CC)CO)C(=O)[C@@H]13)c1ccccc1. The van der Waals surface area contributed by atoms with E-state index in [-0.39, 0.29) is 42.3 Å². The topological polar surface area (TPSA) is 135 Å². The standard InChI is InChI=1S/C38H52BrN3O8/c1-5-8-19-29(44)40-28(23-48-4)32(24-15-11-9-12-16-24)49-37(47)30-31-35(45)42(25(7-3)22-43)34(38(31)21-27(39)33(30)50-38)36(46)41(20-6-2)26-17-13-10-14-18-26/h5-6,9,11-12,15-16,25-28,30-34,43H,1-2,7-8,10,13-14,17-23H2,3-4H3,(H,40,44)/t25-,27?,28+,30-,31+,32+,33-,34-,38+/m0/s1. The summed E-state index contributed by atoms with van der Waals surface area (Å²) >= 11 is 3.75. The number of halogens is 1. The average Bonchev–Trinajstić information content (AvgIpc) is 3.72. The summed E-state index contributed by atoms with van der Waals surface area (Å²) in [5, 5.41) is 13.5. The molecule has 0 radical (unpaired) electrons. The molecule has 50 heavy (non-hydrogen) atoms. The highest BCUT2D eigenvalue weighted by molar-refractivity contribution is 9.09. The van der Waals surface area contributed by atoms with Gasteiger partial charge in [0, 0.05) is 30.9 Å². The Bertz CT molecular complexity index is 1390. The van der Waals surface area contributed by atoms with Crippen molar-refractivity contribution in [2.45, 2.75) is 112 Å². The molecule has 4 fully saturated rings. The molecule has 3 amide bonds. The quantitative estimate of drug-likeness (QED) is 0.137. The van der Waals surface area contributed by atoms with Crippen molar-refractivity contribution in [2.24, 2.45) is 11.8 Å². The van der Waals surface area contributed by atoms with Gasteiger partial charge in [-0.3, -0.25) is 19.2 Å². The summed E-state index contributed by atoms with van der Waals surface area (Å²) in [5.74, 6) is -3.57. The lowest BCUT2D eigenvalue weighted by molar-refractivity contribution is -0.163. The van der Waals surface area contributed by atoms with Crippen molar-refractivity contribution in [1.29, 1.82) is 0 Å². The van der Waals surface area contributed by atoms with E-state index in [0.717, 1.165) is 32.1 Å². The molecule has 5 rings (SSSR count). The third-order valence-corrected chi connectivity index (χ3v) is 11.8. The second-order valence-electron chi connectivity index (χ2n) is 13.9. The Morgan fingerprint density at radius 3 is 2.52 bits per heavy atom. The maximum Gasteiger partial charge on any atom is 0.313 e. The first kappa shape index (κ1) is 38.2. The van der Waals surface area contributed by atoms with Crippen LogP contribution in [-0.4, -0.2) is 106 Å². The van der Waals surface area contributed by atoms with Crippen molar-refractivity contribution in [3.63, 3.8) is 0 Å². The highest BCUT2D eigenvalue weighted by atomic mass is 79.9. The number of hydrogen-bond acceptors (Lipinski definition) is 8. The van der Waals surface area contributed by atoms with Gasteiger partial charge in [-0.25, -0.2) is 0 Å². The number of methoxy groups -OCH3 is 1. The van der Waals surface area contributed by atoms with Gasteiger partial charge in [0.1, 0.15) is 17.7 Å². The zero-order valence-electron chi connectivity index (χ0n) is 29.2. The van der Waals surface area contributed by atoms with Crippen molar-refractivity contribution in [3.05, 3.63) is 61.2 Å². The van der Waals surface area contributed by atoms with E-state index in [1.807, 2.05) is 42.2 Å². The number of likely N-dealkylation sites (tertiary alicyclic amines) is 1. The summed E-state index contributed by atoms with van der Waals surface area (Å²) in [7, 11) is 1.51. The van der Waals surface area contributed by atoms with Crippen LogP contribution in [0, 0.1) is 11.8 Å². The highest BCUT2D eigenvalue weighted by Gasteiger charge is 2.77. The number of carbonyl (C=O) groups is 4. The lowest BCUT2D eigenvalue weighted by Crippen LogP contribution is -2.60. The zero-order valence-corrected chi connectivity index (χ0v) is 30.8. The van der Waals surface area contributed by atoms with Crippen molar-refractivity contribution in [3.8, 4) is 0 Å². The number of nitrogens with one attached hydrogen (secondary N) is 1. The van der Waals surface area contributed by atoms with E-state index < -0.39 is 59.6 Å². The molecule has 1 aromatic carbocycles. The van der Waals surface area contributed by atoms with Gasteiger partial charge in [-0.05, 0) is 37.7 Å². The molecule has 2 bridgehead atoms. The van der Waals surface area contributed by atoms with Gasteiger partial charge >= 0.3 is 5.97 Å². The fourth-order valence-electron chi connectivity index (χ4n) is 8.66. The van der Waals surface area contributed by atoms with Crippen molar-refractivity contribution in [1.82, 2.24) is 15.1 Å². The molecule has 9 atom stereocenters. The Morgan fingerprint density at radius 1 is 1.18 bits per heavy atom. The summed E-state index contributed by atoms with van der Waals surface area (Å²) in [5.41, 5.74) is -0.659. The van der Waals surface area contributed by atoms with E-state index in [4.69, 9.17) is 14.2 Å². The number of esters is 1. The number of aliphatic hydroxyl groups excluding tert-OH is 1. The average molecular weight is 759 g/mol. The number of alkyl halides is 1. The van der Waals surface area contributed by atoms with Crippen molar-refractivity contribution in [2.75, 3.05) is 26.9 Å². The maximum atomic E-state index is 14.9. The van der Waals surface area contributed by atoms with E-state index in [1.165, 1.54) is 12.0 Å². The summed E-state index contributed by atoms with van der Waals surface area (Å²) < 4.78 is 18.6. The molecule has 1 unspecified atom stereocenters. The van der Waals surface area contributed by atoms with Crippen molar-refractivity contribution < 1.29 is 38.5 Å². The Balaban J connectivity index is 1.52. The maximum absolute atomic E-state index is 14.9. The van der Waals surface area contributed by atoms with Crippen LogP contribution in [0.15, 0.2) is 55.6 Å². The van der Waals surface area contributed by atoms with Crippen LogP contribution in [-0.2, 0) is 33.4 Å². The Hall–Kier alpha value is -3.06. The van der Waals surface area contributed by atoms with Gasteiger partial charge in [0.25, 0.3) is 0 Å². The number of fused-ring (bicyclic) bond motifs is 1. The summed E-state index contributed by atoms with van der Waals surface area (Å²) in [6, 6.07) is 6.70. The first-order chi connectivity index (χ1) is 24.2. The van der Waals surface area contributed by atoms with Crippen LogP contribution < -0.4 is 5.32 Å². The van der Waals surface area contributed by atoms with Crippen LogP contribution in [0.5, 0.6) is 0 Å². The first-order valence-corrected chi connectivity index (χ1v) is 18.9. The number of carbonyl (C=O) groups excluding carboxylic acids is 4. The van der Waals surface area contributed by atoms with Crippen LogP contribution in [0.25, 0.3) is 0 Å². The van der Waals surface area contributed by atoms with E-state index >= 15 is 0 Å². The van der Waals surface area contributed by atoms with Crippen LogP contribution in [0.3, 0.4) is 0 Å². The van der Waals surface area contributed by atoms with E-state index in [2.05, 4.69) is 34.4 Å². The number of rotatable bonds is 17. The molecular weight excluding hydrogens is 706 g/mol. The molecular formula is C38H52BrN3O8. The van der Waals surface area contributed by atoms with Crippen LogP contribution in [0.2, 0.25) is 0 Å². The van der Waals surface area contributed by atoms with E-state index in [0.29, 0.717) is 31.4 Å². The predicted molar refractivity (Wildman–Crippen MR) is 191 cm³/mol.